The van der Waals surface area contributed by atoms with Crippen LogP contribution < -0.4 is 5.32 Å². The van der Waals surface area contributed by atoms with Gasteiger partial charge in [-0.2, -0.15) is 0 Å². The zero-order valence-electron chi connectivity index (χ0n) is 11.1. The maximum absolute atomic E-state index is 11.6. The molecule has 98 valence electrons. The molecule has 1 aliphatic carbocycles. The molecule has 0 saturated heterocycles. The summed E-state index contributed by atoms with van der Waals surface area (Å²) in [4.78, 5) is 24.4. The van der Waals surface area contributed by atoms with Crippen LogP contribution >= 0.6 is 0 Å². The van der Waals surface area contributed by atoms with Gasteiger partial charge in [-0.3, -0.25) is 4.79 Å². The summed E-state index contributed by atoms with van der Waals surface area (Å²) < 4.78 is 5.15. The molecule has 0 aromatic carbocycles. The summed E-state index contributed by atoms with van der Waals surface area (Å²) in [5.74, 6) is 0.00487. The third-order valence-electron chi connectivity index (χ3n) is 2.28. The summed E-state index contributed by atoms with van der Waals surface area (Å²) >= 11 is 0. The van der Waals surface area contributed by atoms with Crippen LogP contribution in [0.25, 0.3) is 0 Å². The third kappa shape index (κ3) is 6.26. The molecular weight excluding hydrogens is 220 g/mol. The van der Waals surface area contributed by atoms with Gasteiger partial charge in [0.05, 0.1) is 13.1 Å². The van der Waals surface area contributed by atoms with Gasteiger partial charge >= 0.3 is 6.09 Å². The van der Waals surface area contributed by atoms with Crippen LogP contribution in [0.4, 0.5) is 4.79 Å². The highest BCUT2D eigenvalue weighted by molar-refractivity contribution is 5.85. The van der Waals surface area contributed by atoms with E-state index < -0.39 is 11.7 Å². The summed E-state index contributed by atoms with van der Waals surface area (Å²) in [5, 5.41) is 3.12. The predicted molar refractivity (Wildman–Crippen MR) is 64.9 cm³/mol. The molecule has 1 rings (SSSR count). The lowest BCUT2D eigenvalue weighted by Crippen LogP contribution is -2.39. The van der Waals surface area contributed by atoms with Crippen molar-refractivity contribution in [2.45, 2.75) is 45.3 Å². The molecular formula is C12H22N2O3. The maximum atomic E-state index is 11.6. The number of carbonyl (C=O) groups is 2. The highest BCUT2D eigenvalue weighted by Gasteiger charge is 2.23. The molecule has 0 aromatic heterocycles. The Kier molecular flexibility index (Phi) is 4.51. The molecule has 1 aliphatic rings. The van der Waals surface area contributed by atoms with Gasteiger partial charge in [0.2, 0.25) is 0 Å². The van der Waals surface area contributed by atoms with E-state index in [1.807, 2.05) is 0 Å². The van der Waals surface area contributed by atoms with E-state index in [2.05, 4.69) is 5.32 Å². The number of nitrogens with one attached hydrogen (secondary N) is 1. The van der Waals surface area contributed by atoms with Gasteiger partial charge in [-0.1, -0.05) is 0 Å². The Bertz CT molecular complexity index is 293. The first kappa shape index (κ1) is 14.0. The van der Waals surface area contributed by atoms with Crippen molar-refractivity contribution in [1.29, 1.82) is 0 Å². The number of ketones is 1. The van der Waals surface area contributed by atoms with Gasteiger partial charge in [-0.15, -0.1) is 0 Å². The molecule has 5 nitrogen and oxygen atoms in total. The average Bonchev–Trinajstić information content (AvgIpc) is 2.95. The van der Waals surface area contributed by atoms with Crippen LogP contribution in [-0.2, 0) is 9.53 Å². The van der Waals surface area contributed by atoms with Gasteiger partial charge in [-0.05, 0) is 33.6 Å². The molecule has 1 fully saturated rings. The van der Waals surface area contributed by atoms with Crippen LogP contribution in [0.1, 0.15) is 33.6 Å². The quantitative estimate of drug-likeness (QED) is 0.786. The van der Waals surface area contributed by atoms with Crippen LogP contribution in [0.5, 0.6) is 0 Å². The molecule has 17 heavy (non-hydrogen) atoms. The zero-order valence-corrected chi connectivity index (χ0v) is 11.1. The summed E-state index contributed by atoms with van der Waals surface area (Å²) in [6.07, 6.45) is 1.84. The number of rotatable bonds is 5. The molecule has 5 heteroatoms. The van der Waals surface area contributed by atoms with Crippen molar-refractivity contribution in [3.8, 4) is 0 Å². The summed E-state index contributed by atoms with van der Waals surface area (Å²) in [7, 11) is 1.57. The van der Waals surface area contributed by atoms with Gasteiger partial charge in [0.1, 0.15) is 5.60 Å². The van der Waals surface area contributed by atoms with Gasteiger partial charge in [0.25, 0.3) is 0 Å². The lowest BCUT2D eigenvalue weighted by molar-refractivity contribution is -0.119. The molecule has 0 bridgehead atoms. The van der Waals surface area contributed by atoms with E-state index in [0.717, 1.165) is 12.8 Å². The first-order valence-corrected chi connectivity index (χ1v) is 5.97. The molecule has 1 saturated carbocycles. The van der Waals surface area contributed by atoms with Crippen LogP contribution in [0.2, 0.25) is 0 Å². The van der Waals surface area contributed by atoms with Gasteiger partial charge in [-0.25, -0.2) is 4.79 Å². The molecule has 0 atom stereocenters. The van der Waals surface area contributed by atoms with Crippen molar-refractivity contribution in [1.82, 2.24) is 10.2 Å². The maximum Gasteiger partial charge on any atom is 0.410 e. The number of carbonyl (C=O) groups excluding carboxylic acids is 2. The minimum absolute atomic E-state index is 0.00487. The summed E-state index contributed by atoms with van der Waals surface area (Å²) in [6.45, 7) is 5.83. The van der Waals surface area contributed by atoms with E-state index in [1.54, 1.807) is 27.8 Å². The highest BCUT2D eigenvalue weighted by Crippen LogP contribution is 2.18. The van der Waals surface area contributed by atoms with Crippen molar-refractivity contribution >= 4 is 11.9 Å². The number of nitrogens with zero attached hydrogens (tertiary/aromatic N) is 1. The van der Waals surface area contributed by atoms with Gasteiger partial charge in [0.15, 0.2) is 5.78 Å². The molecule has 1 amide bonds. The number of hydrogen-bond donors (Lipinski definition) is 1. The number of hydrogen-bond acceptors (Lipinski definition) is 4. The van der Waals surface area contributed by atoms with Crippen molar-refractivity contribution in [2.75, 3.05) is 20.1 Å². The standard InChI is InChI=1S/C12H22N2O3/c1-12(2,3)17-11(16)14(4)8-10(15)7-13-9-5-6-9/h9,13H,5-8H2,1-4H3. The van der Waals surface area contributed by atoms with Crippen LogP contribution in [0.15, 0.2) is 0 Å². The van der Waals surface area contributed by atoms with E-state index in [0.29, 0.717) is 12.6 Å². The second-order valence-corrected chi connectivity index (χ2v) is 5.53. The van der Waals surface area contributed by atoms with E-state index in [4.69, 9.17) is 4.74 Å². The Balaban J connectivity index is 2.23. The second-order valence-electron chi connectivity index (χ2n) is 5.53. The Morgan fingerprint density at radius 1 is 1.35 bits per heavy atom. The smallest absolute Gasteiger partial charge is 0.410 e. The molecule has 0 unspecified atom stereocenters. The van der Waals surface area contributed by atoms with E-state index in [1.165, 1.54) is 4.90 Å². The van der Waals surface area contributed by atoms with Crippen molar-refractivity contribution < 1.29 is 14.3 Å². The van der Waals surface area contributed by atoms with Crippen LogP contribution in [-0.4, -0.2) is 48.6 Å². The second kappa shape index (κ2) is 5.49. The van der Waals surface area contributed by atoms with Crippen LogP contribution in [0, 0.1) is 0 Å². The number of ether oxygens (including phenoxy) is 1. The Morgan fingerprint density at radius 3 is 2.41 bits per heavy atom. The SMILES string of the molecule is CN(CC(=O)CNC1CC1)C(=O)OC(C)(C)C. The van der Waals surface area contributed by atoms with E-state index in [-0.39, 0.29) is 12.3 Å². The van der Waals surface area contributed by atoms with Crippen molar-refractivity contribution in [2.24, 2.45) is 0 Å². The van der Waals surface area contributed by atoms with Crippen molar-refractivity contribution in [3.63, 3.8) is 0 Å². The molecule has 0 spiro atoms. The molecule has 0 aliphatic heterocycles. The lowest BCUT2D eigenvalue weighted by Gasteiger charge is -2.24. The largest absolute Gasteiger partial charge is 0.444 e. The number of likely N-dealkylation sites (N-methyl/N-ethyl adjacent to an activating group) is 1. The fraction of sp³-hybridized carbons (Fsp3) is 0.833. The highest BCUT2D eigenvalue weighted by atomic mass is 16.6. The first-order valence-electron chi connectivity index (χ1n) is 5.97. The zero-order chi connectivity index (χ0) is 13.1. The molecule has 0 radical (unpaired) electrons. The lowest BCUT2D eigenvalue weighted by atomic mass is 10.2. The Hall–Kier alpha value is -1.10. The fourth-order valence-electron chi connectivity index (χ4n) is 1.27. The van der Waals surface area contributed by atoms with Crippen LogP contribution in [0.3, 0.4) is 0 Å². The summed E-state index contributed by atoms with van der Waals surface area (Å²) in [5.41, 5.74) is -0.527. The molecule has 0 heterocycles. The van der Waals surface area contributed by atoms with Gasteiger partial charge in [0, 0.05) is 13.1 Å². The Morgan fingerprint density at radius 2 is 1.94 bits per heavy atom. The minimum atomic E-state index is -0.527. The average molecular weight is 242 g/mol. The number of amides is 1. The summed E-state index contributed by atoms with van der Waals surface area (Å²) in [6, 6.07) is 0.505. The van der Waals surface area contributed by atoms with Crippen molar-refractivity contribution in [3.05, 3.63) is 0 Å². The fourth-order valence-corrected chi connectivity index (χ4v) is 1.27. The van der Waals surface area contributed by atoms with Gasteiger partial charge < -0.3 is 15.0 Å². The molecule has 1 N–H and O–H groups in total. The first-order chi connectivity index (χ1) is 7.78. The minimum Gasteiger partial charge on any atom is -0.444 e. The van der Waals surface area contributed by atoms with E-state index >= 15 is 0 Å². The molecule has 0 aromatic rings. The van der Waals surface area contributed by atoms with E-state index in [9.17, 15) is 9.59 Å². The predicted octanol–water partition coefficient (Wildman–Crippen LogP) is 1.17. The number of Topliss-reactive ketones (excluding diaryl/α,β-unsaturated/α-hetero) is 1. The third-order valence-corrected chi connectivity index (χ3v) is 2.28. The topological polar surface area (TPSA) is 58.6 Å². The monoisotopic (exact) mass is 242 g/mol. The normalized spacial score (nSPS) is 15.5. The Labute approximate surface area is 102 Å².